The van der Waals surface area contributed by atoms with E-state index in [4.69, 9.17) is 11.6 Å². The normalized spacial score (nSPS) is 11.0. The van der Waals surface area contributed by atoms with Gasteiger partial charge < -0.3 is 4.57 Å². The third-order valence-electron chi connectivity index (χ3n) is 3.34. The Bertz CT molecular complexity index is 845. The molecule has 0 N–H and O–H groups in total. The number of nitrogens with zero attached hydrogens (tertiary/aromatic N) is 2. The minimum absolute atomic E-state index is 0.0524. The average Bonchev–Trinajstić information content (AvgIpc) is 2.86. The number of aromatic nitrogens is 1. The third kappa shape index (κ3) is 2.48. The van der Waals surface area contributed by atoms with Crippen LogP contribution in [0.5, 0.6) is 0 Å². The fourth-order valence-corrected chi connectivity index (χ4v) is 2.53. The lowest BCUT2D eigenvalue weighted by atomic mass is 10.2. The number of fused-ring (bicyclic) bond motifs is 1. The Morgan fingerprint density at radius 2 is 2.05 bits per heavy atom. The van der Waals surface area contributed by atoms with Gasteiger partial charge in [-0.2, -0.15) is 0 Å². The molecule has 4 nitrogen and oxygen atoms in total. The fourth-order valence-electron chi connectivity index (χ4n) is 2.35. The van der Waals surface area contributed by atoms with Gasteiger partial charge in [-0.15, -0.1) is 0 Å². The van der Waals surface area contributed by atoms with Crippen LogP contribution >= 0.6 is 11.6 Å². The monoisotopic (exact) mass is 304 g/mol. The van der Waals surface area contributed by atoms with Crippen LogP contribution in [0.25, 0.3) is 10.9 Å². The van der Waals surface area contributed by atoms with Crippen LogP contribution in [0.1, 0.15) is 5.56 Å². The van der Waals surface area contributed by atoms with Crippen molar-refractivity contribution in [2.24, 2.45) is 0 Å². The second kappa shape index (κ2) is 5.18. The number of hydrogen-bond acceptors (Lipinski definition) is 2. The number of nitro groups is 1. The van der Waals surface area contributed by atoms with Gasteiger partial charge in [-0.3, -0.25) is 10.1 Å². The Labute approximate surface area is 124 Å². The molecule has 6 heteroatoms. The van der Waals surface area contributed by atoms with Crippen molar-refractivity contribution in [2.75, 3.05) is 0 Å². The standard InChI is InChI=1S/C15H10ClFN2O2/c16-13-5-4-11(17)8-10(13)9-18-7-6-12-14(18)2-1-3-15(12)19(20)21/h1-8H,9H2. The molecule has 0 aliphatic rings. The van der Waals surface area contributed by atoms with Crippen molar-refractivity contribution in [3.05, 3.63) is 75.2 Å². The molecule has 2 aromatic carbocycles. The van der Waals surface area contributed by atoms with Crippen molar-refractivity contribution in [1.82, 2.24) is 4.57 Å². The van der Waals surface area contributed by atoms with E-state index in [-0.39, 0.29) is 11.5 Å². The molecule has 0 fully saturated rings. The quantitative estimate of drug-likeness (QED) is 0.532. The zero-order valence-corrected chi connectivity index (χ0v) is 11.5. The largest absolute Gasteiger partial charge is 0.343 e. The highest BCUT2D eigenvalue weighted by atomic mass is 35.5. The molecule has 0 aliphatic heterocycles. The van der Waals surface area contributed by atoms with Crippen molar-refractivity contribution >= 4 is 28.2 Å². The Hall–Kier alpha value is -2.40. The zero-order chi connectivity index (χ0) is 15.0. The number of benzene rings is 2. The van der Waals surface area contributed by atoms with E-state index in [0.717, 1.165) is 0 Å². The summed E-state index contributed by atoms with van der Waals surface area (Å²) in [6.07, 6.45) is 1.74. The summed E-state index contributed by atoms with van der Waals surface area (Å²) < 4.78 is 15.1. The van der Waals surface area contributed by atoms with Gasteiger partial charge in [-0.25, -0.2) is 4.39 Å². The molecule has 0 unspecified atom stereocenters. The van der Waals surface area contributed by atoms with Crippen LogP contribution in [-0.4, -0.2) is 9.49 Å². The molecule has 0 aliphatic carbocycles. The summed E-state index contributed by atoms with van der Waals surface area (Å²) in [5, 5.41) is 12.0. The summed E-state index contributed by atoms with van der Waals surface area (Å²) in [5.41, 5.74) is 1.39. The second-order valence-electron chi connectivity index (χ2n) is 4.65. The topological polar surface area (TPSA) is 48.1 Å². The molecular weight excluding hydrogens is 295 g/mol. The first-order chi connectivity index (χ1) is 10.1. The molecule has 0 saturated heterocycles. The Morgan fingerprint density at radius 1 is 1.24 bits per heavy atom. The molecule has 3 rings (SSSR count). The van der Waals surface area contributed by atoms with E-state index in [1.54, 1.807) is 24.4 Å². The minimum atomic E-state index is -0.415. The Kier molecular flexibility index (Phi) is 3.35. The van der Waals surface area contributed by atoms with Crippen molar-refractivity contribution < 1.29 is 9.31 Å². The molecule has 3 aromatic rings. The first-order valence-electron chi connectivity index (χ1n) is 6.22. The Balaban J connectivity index is 2.08. The lowest BCUT2D eigenvalue weighted by Crippen LogP contribution is -1.99. The maximum atomic E-state index is 13.3. The number of nitro benzene ring substituents is 1. The highest BCUT2D eigenvalue weighted by Gasteiger charge is 2.14. The van der Waals surface area contributed by atoms with Crippen LogP contribution in [-0.2, 0) is 6.54 Å². The second-order valence-corrected chi connectivity index (χ2v) is 5.05. The first-order valence-corrected chi connectivity index (χ1v) is 6.60. The highest BCUT2D eigenvalue weighted by Crippen LogP contribution is 2.27. The lowest BCUT2D eigenvalue weighted by molar-refractivity contribution is -0.383. The fraction of sp³-hybridized carbons (Fsp3) is 0.0667. The van der Waals surface area contributed by atoms with E-state index in [9.17, 15) is 14.5 Å². The predicted octanol–water partition coefficient (Wildman–Crippen LogP) is 4.39. The predicted molar refractivity (Wildman–Crippen MR) is 79.1 cm³/mol. The highest BCUT2D eigenvalue weighted by molar-refractivity contribution is 6.31. The van der Waals surface area contributed by atoms with E-state index in [2.05, 4.69) is 0 Å². The van der Waals surface area contributed by atoms with E-state index in [1.807, 2.05) is 4.57 Å². The van der Waals surface area contributed by atoms with Crippen LogP contribution in [0, 0.1) is 15.9 Å². The first kappa shape index (κ1) is 13.6. The van der Waals surface area contributed by atoms with Crippen LogP contribution in [0.4, 0.5) is 10.1 Å². The van der Waals surface area contributed by atoms with Crippen LogP contribution in [0.2, 0.25) is 5.02 Å². The van der Waals surface area contributed by atoms with Gasteiger partial charge in [0.15, 0.2) is 0 Å². The van der Waals surface area contributed by atoms with Crippen molar-refractivity contribution in [1.29, 1.82) is 0 Å². The summed E-state index contributed by atoms with van der Waals surface area (Å²) in [5.74, 6) is -0.364. The Morgan fingerprint density at radius 3 is 2.81 bits per heavy atom. The molecule has 0 atom stereocenters. The smallest absolute Gasteiger partial charge is 0.278 e. The van der Waals surface area contributed by atoms with Crippen molar-refractivity contribution in [2.45, 2.75) is 6.54 Å². The van der Waals surface area contributed by atoms with Gasteiger partial charge in [-0.05, 0) is 35.9 Å². The molecule has 0 amide bonds. The number of halogens is 2. The minimum Gasteiger partial charge on any atom is -0.343 e. The maximum absolute atomic E-state index is 13.3. The van der Waals surface area contributed by atoms with Crippen molar-refractivity contribution in [3.8, 4) is 0 Å². The molecule has 1 aromatic heterocycles. The van der Waals surface area contributed by atoms with Crippen molar-refractivity contribution in [3.63, 3.8) is 0 Å². The number of non-ortho nitro benzene ring substituents is 1. The molecule has 0 spiro atoms. The molecule has 0 radical (unpaired) electrons. The van der Waals surface area contributed by atoms with Gasteiger partial charge in [-0.1, -0.05) is 17.7 Å². The number of rotatable bonds is 3. The summed E-state index contributed by atoms with van der Waals surface area (Å²) in [6.45, 7) is 0.348. The van der Waals surface area contributed by atoms with Gasteiger partial charge in [0, 0.05) is 23.8 Å². The van der Waals surface area contributed by atoms with Crippen LogP contribution in [0.15, 0.2) is 48.7 Å². The summed E-state index contributed by atoms with van der Waals surface area (Å²) in [4.78, 5) is 10.6. The molecule has 106 valence electrons. The summed E-state index contributed by atoms with van der Waals surface area (Å²) in [7, 11) is 0. The molecular formula is C15H10ClFN2O2. The summed E-state index contributed by atoms with van der Waals surface area (Å²) >= 11 is 6.06. The van der Waals surface area contributed by atoms with Crippen LogP contribution < -0.4 is 0 Å². The SMILES string of the molecule is O=[N+]([O-])c1cccc2c1ccn2Cc1cc(F)ccc1Cl. The van der Waals surface area contributed by atoms with E-state index < -0.39 is 4.92 Å². The average molecular weight is 305 g/mol. The number of hydrogen-bond donors (Lipinski definition) is 0. The van der Waals surface area contributed by atoms with E-state index >= 15 is 0 Å². The molecule has 0 bridgehead atoms. The van der Waals surface area contributed by atoms with Gasteiger partial charge in [0.25, 0.3) is 5.69 Å². The van der Waals surface area contributed by atoms with E-state index in [1.165, 1.54) is 24.3 Å². The lowest BCUT2D eigenvalue weighted by Gasteiger charge is -2.08. The molecule has 0 saturated carbocycles. The van der Waals surface area contributed by atoms with Gasteiger partial charge in [0.1, 0.15) is 5.82 Å². The van der Waals surface area contributed by atoms with E-state index in [0.29, 0.717) is 28.0 Å². The zero-order valence-electron chi connectivity index (χ0n) is 10.8. The van der Waals surface area contributed by atoms with Gasteiger partial charge >= 0.3 is 0 Å². The third-order valence-corrected chi connectivity index (χ3v) is 3.70. The van der Waals surface area contributed by atoms with Crippen LogP contribution in [0.3, 0.4) is 0 Å². The van der Waals surface area contributed by atoms with Gasteiger partial charge in [0.05, 0.1) is 15.8 Å². The molecule has 21 heavy (non-hydrogen) atoms. The summed E-state index contributed by atoms with van der Waals surface area (Å²) in [6, 6.07) is 10.7. The maximum Gasteiger partial charge on any atom is 0.278 e. The van der Waals surface area contributed by atoms with Gasteiger partial charge in [0.2, 0.25) is 0 Å². The molecule has 1 heterocycles.